The maximum Gasteiger partial charge on any atom is 0.422 e. The monoisotopic (exact) mass is 452 g/mol. The van der Waals surface area contributed by atoms with Crippen LogP contribution in [0.3, 0.4) is 0 Å². The lowest BCUT2D eigenvalue weighted by Gasteiger charge is -2.15. The molecule has 0 aliphatic rings. The summed E-state index contributed by atoms with van der Waals surface area (Å²) in [6.07, 6.45) is -4.46. The number of ether oxygens (including phenoxy) is 1. The highest BCUT2D eigenvalue weighted by Crippen LogP contribution is 2.29. The molecule has 0 aliphatic heterocycles. The Morgan fingerprint density at radius 3 is 2.53 bits per heavy atom. The van der Waals surface area contributed by atoms with Crippen LogP contribution >= 0.6 is 23.1 Å². The zero-order valence-corrected chi connectivity index (χ0v) is 17.9. The van der Waals surface area contributed by atoms with Crippen LogP contribution in [0.4, 0.5) is 18.9 Å². The number of nitrogens with one attached hydrogen (secondary N) is 1. The summed E-state index contributed by atoms with van der Waals surface area (Å²) in [6, 6.07) is 11.7. The number of hydrogen-bond donors (Lipinski definition) is 1. The van der Waals surface area contributed by atoms with Crippen molar-refractivity contribution < 1.29 is 22.7 Å². The number of aromatic nitrogens is 1. The van der Waals surface area contributed by atoms with Gasteiger partial charge in [-0.25, -0.2) is 4.98 Å². The molecule has 158 valence electrons. The second-order valence-electron chi connectivity index (χ2n) is 6.53. The Morgan fingerprint density at radius 1 is 1.17 bits per heavy atom. The maximum atomic E-state index is 12.5. The molecule has 0 bridgehead atoms. The highest BCUT2D eigenvalue weighted by molar-refractivity contribution is 7.98. The van der Waals surface area contributed by atoms with Gasteiger partial charge in [0.25, 0.3) is 5.91 Å². The number of hydrogen-bond acceptors (Lipinski definition) is 5. The molecule has 0 atom stereocenters. The van der Waals surface area contributed by atoms with Gasteiger partial charge in [-0.3, -0.25) is 4.79 Å². The first-order valence-electron chi connectivity index (χ1n) is 8.95. The number of thiazole rings is 1. The average molecular weight is 453 g/mol. The molecule has 0 spiro atoms. The Bertz CT molecular complexity index is 1020. The van der Waals surface area contributed by atoms with Crippen molar-refractivity contribution in [2.75, 3.05) is 11.9 Å². The van der Waals surface area contributed by atoms with Crippen LogP contribution in [0.1, 0.15) is 26.6 Å². The summed E-state index contributed by atoms with van der Waals surface area (Å²) >= 11 is 3.21. The number of benzene rings is 2. The molecule has 1 aromatic heterocycles. The fourth-order valence-electron chi connectivity index (χ4n) is 2.54. The molecule has 1 N–H and O–H groups in total. The Balaban J connectivity index is 1.64. The Labute approximate surface area is 180 Å². The summed E-state index contributed by atoms with van der Waals surface area (Å²) in [5.41, 5.74) is 2.32. The van der Waals surface area contributed by atoms with Gasteiger partial charge in [-0.15, -0.1) is 23.1 Å². The van der Waals surface area contributed by atoms with E-state index in [1.165, 1.54) is 12.1 Å². The molecule has 0 aliphatic carbocycles. The third-order valence-electron chi connectivity index (χ3n) is 3.95. The van der Waals surface area contributed by atoms with Crippen molar-refractivity contribution in [1.82, 2.24) is 4.98 Å². The molecular weight excluding hydrogens is 433 g/mol. The Morgan fingerprint density at radius 2 is 1.90 bits per heavy atom. The minimum Gasteiger partial charge on any atom is -0.482 e. The van der Waals surface area contributed by atoms with Crippen molar-refractivity contribution in [3.8, 4) is 5.75 Å². The molecule has 0 saturated carbocycles. The lowest BCUT2D eigenvalue weighted by Crippen LogP contribution is -2.20. The number of thioether (sulfide) groups is 1. The first-order valence-corrected chi connectivity index (χ1v) is 10.8. The molecular formula is C21H19F3N2O2S2. The Hall–Kier alpha value is -2.52. The van der Waals surface area contributed by atoms with Crippen LogP contribution in [0.15, 0.2) is 52.7 Å². The van der Waals surface area contributed by atoms with Gasteiger partial charge >= 0.3 is 6.18 Å². The molecule has 9 heteroatoms. The van der Waals surface area contributed by atoms with Crippen LogP contribution in [0.25, 0.3) is 0 Å². The second kappa shape index (κ2) is 9.53. The van der Waals surface area contributed by atoms with Gasteiger partial charge in [-0.1, -0.05) is 6.07 Å². The van der Waals surface area contributed by atoms with Crippen LogP contribution in [-0.4, -0.2) is 23.7 Å². The van der Waals surface area contributed by atoms with Crippen molar-refractivity contribution in [1.29, 1.82) is 0 Å². The molecule has 0 unspecified atom stereocenters. The number of nitrogens with zero attached hydrogens (tertiary/aromatic N) is 1. The number of halogens is 3. The van der Waals surface area contributed by atoms with E-state index in [1.54, 1.807) is 48.2 Å². The quantitative estimate of drug-likeness (QED) is 0.431. The maximum absolute atomic E-state index is 12.5. The fraction of sp³-hybridized carbons (Fsp3) is 0.238. The van der Waals surface area contributed by atoms with Gasteiger partial charge in [-0.2, -0.15) is 13.2 Å². The molecule has 0 saturated heterocycles. The van der Waals surface area contributed by atoms with E-state index in [-0.39, 0.29) is 11.4 Å². The first-order chi connectivity index (χ1) is 14.2. The standard InChI is InChI=1S/C21H19F3N2O2S2/c1-13-3-8-18(19(9-13)28-12-21(22,23)24)26-20(27)15-4-6-17(7-5-15)30-11-16-10-29-14(2)25-16/h3-10H,11-12H2,1-2H3,(H,26,27). The van der Waals surface area contributed by atoms with E-state index in [1.807, 2.05) is 24.4 Å². The topological polar surface area (TPSA) is 51.2 Å². The van der Waals surface area contributed by atoms with Gasteiger partial charge in [0, 0.05) is 21.6 Å². The summed E-state index contributed by atoms with van der Waals surface area (Å²) in [5.74, 6) is 0.285. The van der Waals surface area contributed by atoms with Crippen LogP contribution < -0.4 is 10.1 Å². The summed E-state index contributed by atoms with van der Waals surface area (Å²) < 4.78 is 42.3. The zero-order valence-electron chi connectivity index (χ0n) is 16.2. The van der Waals surface area contributed by atoms with Crippen molar-refractivity contribution in [3.05, 3.63) is 69.7 Å². The first kappa shape index (κ1) is 22.2. The van der Waals surface area contributed by atoms with Gasteiger partial charge in [0.2, 0.25) is 0 Å². The van der Waals surface area contributed by atoms with E-state index >= 15 is 0 Å². The van der Waals surface area contributed by atoms with Gasteiger partial charge in [0.1, 0.15) is 5.75 Å². The summed E-state index contributed by atoms with van der Waals surface area (Å²) in [7, 11) is 0. The number of carbonyl (C=O) groups is 1. The predicted molar refractivity (Wildman–Crippen MR) is 114 cm³/mol. The SMILES string of the molecule is Cc1ccc(NC(=O)c2ccc(SCc3csc(C)n3)cc2)c(OCC(F)(F)F)c1. The normalized spacial score (nSPS) is 11.4. The number of aryl methyl sites for hydroxylation is 2. The van der Waals surface area contributed by atoms with E-state index in [9.17, 15) is 18.0 Å². The third-order valence-corrected chi connectivity index (χ3v) is 5.81. The zero-order chi connectivity index (χ0) is 21.7. The molecule has 2 aromatic carbocycles. The van der Waals surface area contributed by atoms with Gasteiger partial charge in [-0.05, 0) is 55.8 Å². The highest BCUT2D eigenvalue weighted by atomic mass is 32.2. The minimum absolute atomic E-state index is 0.0218. The van der Waals surface area contributed by atoms with Gasteiger partial charge in [0.05, 0.1) is 16.4 Å². The molecule has 0 radical (unpaired) electrons. The van der Waals surface area contributed by atoms with E-state index in [2.05, 4.69) is 10.3 Å². The summed E-state index contributed by atoms with van der Waals surface area (Å²) in [6.45, 7) is 2.26. The molecule has 30 heavy (non-hydrogen) atoms. The van der Waals surface area contributed by atoms with Crippen LogP contribution in [-0.2, 0) is 5.75 Å². The van der Waals surface area contributed by atoms with Crippen molar-refractivity contribution in [2.45, 2.75) is 30.7 Å². The molecule has 3 rings (SSSR count). The lowest BCUT2D eigenvalue weighted by atomic mass is 10.2. The van der Waals surface area contributed by atoms with Gasteiger partial charge in [0.15, 0.2) is 6.61 Å². The van der Waals surface area contributed by atoms with E-state index < -0.39 is 18.7 Å². The summed E-state index contributed by atoms with van der Waals surface area (Å²) in [4.78, 5) is 17.9. The molecule has 0 fully saturated rings. The number of anilines is 1. The smallest absolute Gasteiger partial charge is 0.422 e. The number of carbonyl (C=O) groups excluding carboxylic acids is 1. The van der Waals surface area contributed by atoms with Crippen molar-refractivity contribution in [3.63, 3.8) is 0 Å². The fourth-order valence-corrected chi connectivity index (χ4v) is 4.05. The van der Waals surface area contributed by atoms with E-state index in [0.717, 1.165) is 26.9 Å². The predicted octanol–water partition coefficient (Wildman–Crippen LogP) is 6.25. The minimum atomic E-state index is -4.46. The number of amides is 1. The Kier molecular flexibility index (Phi) is 7.04. The van der Waals surface area contributed by atoms with E-state index in [0.29, 0.717) is 5.56 Å². The van der Waals surface area contributed by atoms with Crippen LogP contribution in [0, 0.1) is 13.8 Å². The largest absolute Gasteiger partial charge is 0.482 e. The van der Waals surface area contributed by atoms with E-state index in [4.69, 9.17) is 4.74 Å². The third kappa shape index (κ3) is 6.50. The number of rotatable bonds is 7. The molecule has 1 heterocycles. The summed E-state index contributed by atoms with van der Waals surface area (Å²) in [5, 5.41) is 5.66. The van der Waals surface area contributed by atoms with Crippen molar-refractivity contribution in [2.24, 2.45) is 0 Å². The lowest BCUT2D eigenvalue weighted by molar-refractivity contribution is -0.153. The highest BCUT2D eigenvalue weighted by Gasteiger charge is 2.29. The average Bonchev–Trinajstić information content (AvgIpc) is 3.11. The molecule has 4 nitrogen and oxygen atoms in total. The van der Waals surface area contributed by atoms with Crippen molar-refractivity contribution >= 4 is 34.7 Å². The van der Waals surface area contributed by atoms with Crippen LogP contribution in [0.5, 0.6) is 5.75 Å². The van der Waals surface area contributed by atoms with Crippen LogP contribution in [0.2, 0.25) is 0 Å². The van der Waals surface area contributed by atoms with Gasteiger partial charge < -0.3 is 10.1 Å². The molecule has 1 amide bonds. The number of alkyl halides is 3. The molecule has 3 aromatic rings. The second-order valence-corrected chi connectivity index (χ2v) is 8.64.